The van der Waals surface area contributed by atoms with E-state index in [-0.39, 0.29) is 12.8 Å². The molecule has 19 aromatic carbocycles. The van der Waals surface area contributed by atoms with Gasteiger partial charge in [0.1, 0.15) is 0 Å². The van der Waals surface area contributed by atoms with Crippen molar-refractivity contribution in [3.05, 3.63) is 454 Å². The van der Waals surface area contributed by atoms with Gasteiger partial charge >= 0.3 is 0 Å². The van der Waals surface area contributed by atoms with Crippen LogP contribution in [0.1, 0.15) is 45.2 Å². The van der Waals surface area contributed by atoms with E-state index in [0.717, 1.165) is 95.8 Å². The molecule has 0 fully saturated rings. The minimum absolute atomic E-state index is 0. The first-order chi connectivity index (χ1) is 73.6. The molecule has 13 nitrogen and oxygen atoms in total. The highest BCUT2D eigenvalue weighted by Crippen LogP contribution is 2.53. The van der Waals surface area contributed by atoms with E-state index >= 15 is 0 Å². The Morgan fingerprint density at radius 1 is 0.213 bits per heavy atom. The molecular weight excluding hydrogens is 1910 g/mol. The molecule has 150 heavy (non-hydrogen) atoms. The summed E-state index contributed by atoms with van der Waals surface area (Å²) < 4.78 is 19.2. The Kier molecular flexibility index (Phi) is 20.8. The predicted molar refractivity (Wildman–Crippen MR) is 632 cm³/mol. The molecule has 11 aromatic heterocycles. The topological polar surface area (TPSA) is 136 Å². The predicted octanol–water partition coefficient (Wildman–Crippen LogP) is 36.3. The lowest BCUT2D eigenvalue weighted by Crippen LogP contribution is -2.14. The SMILES string of the molecule is C.C1=CCCC(n2c3ccccc3c3cc4c(cc32)c2ccccc2n4-c2nc(-c3ccccc3)nc(-c3ccc4sc5ccccc5c4c3)n2)=C1.CC1(C)c2ccccc2-c2cc3c(cc21)c1ccccc1n3-c1nc(-c2cccc(-c3ccccc3)c2)nc(-c2cccc3sc4ccccc4c23)n1.c1ccc(-c2nc(-c3ccc4c(c3)sc3ccccc34)nc(-n3c4ccccc4c4cc5sc6ccccc6c5cc43)n2)cc1. The number of para-hydroxylation sites is 4. The molecule has 2 aliphatic rings. The van der Waals surface area contributed by atoms with Gasteiger partial charge in [-0.25, -0.2) is 15.0 Å². The lowest BCUT2D eigenvalue weighted by Gasteiger charge is -2.21. The van der Waals surface area contributed by atoms with Gasteiger partial charge in [0.05, 0.1) is 44.1 Å². The third-order valence-corrected chi connectivity index (χ3v) is 34.5. The van der Waals surface area contributed by atoms with Crippen molar-refractivity contribution in [3.63, 3.8) is 0 Å². The normalized spacial score (nSPS) is 12.8. The lowest BCUT2D eigenvalue weighted by molar-refractivity contribution is 0.661. The van der Waals surface area contributed by atoms with Crippen molar-refractivity contribution in [2.24, 2.45) is 0 Å². The molecule has 0 N–H and O–H groups in total. The number of aromatic nitrogens is 13. The second-order valence-corrected chi connectivity index (χ2v) is 43.2. The van der Waals surface area contributed by atoms with E-state index in [9.17, 15) is 0 Å². The second-order valence-electron chi connectivity index (χ2n) is 38.9. The van der Waals surface area contributed by atoms with Gasteiger partial charge in [-0.15, -0.1) is 45.3 Å². The monoisotopic (exact) mass is 1990 g/mol. The molecular formula is C133H87N13S4. The molecule has 2 aliphatic carbocycles. The first-order valence-electron chi connectivity index (χ1n) is 50.2. The van der Waals surface area contributed by atoms with Crippen LogP contribution in [0.15, 0.2) is 443 Å². The average Bonchev–Trinajstić information content (AvgIpc) is 1.55. The fourth-order valence-corrected chi connectivity index (χ4v) is 27.5. The molecule has 17 heteroatoms. The maximum absolute atomic E-state index is 5.40. The molecule has 0 saturated heterocycles. The van der Waals surface area contributed by atoms with E-state index in [0.29, 0.717) is 52.8 Å². The smallest absolute Gasteiger partial charge is 0.238 e. The Morgan fingerprint density at radius 3 is 1.14 bits per heavy atom. The molecule has 0 atom stereocenters. The Hall–Kier alpha value is -18.2. The largest absolute Gasteiger partial charge is 0.313 e. The number of nitrogens with zero attached hydrogens (tertiary/aromatic N) is 13. The molecule has 30 aromatic rings. The van der Waals surface area contributed by atoms with Crippen LogP contribution in [-0.2, 0) is 5.41 Å². The molecule has 11 heterocycles. The number of hydrogen-bond donors (Lipinski definition) is 0. The molecule has 708 valence electrons. The Labute approximate surface area is 877 Å². The van der Waals surface area contributed by atoms with Gasteiger partial charge in [0.2, 0.25) is 17.8 Å². The van der Waals surface area contributed by atoms with Gasteiger partial charge in [0.15, 0.2) is 34.9 Å². The number of hydrogen-bond acceptors (Lipinski definition) is 13. The van der Waals surface area contributed by atoms with Crippen LogP contribution >= 0.6 is 45.3 Å². The lowest BCUT2D eigenvalue weighted by atomic mass is 9.82. The molecule has 0 aliphatic heterocycles. The molecule has 0 unspecified atom stereocenters. The van der Waals surface area contributed by atoms with Crippen molar-refractivity contribution >= 4 is 219 Å². The molecule has 0 saturated carbocycles. The minimum atomic E-state index is -0.109. The third kappa shape index (κ3) is 14.4. The van der Waals surface area contributed by atoms with E-state index in [1.807, 2.05) is 65.1 Å². The average molecular weight is 2000 g/mol. The van der Waals surface area contributed by atoms with Crippen LogP contribution in [-0.4, -0.2) is 63.1 Å². The van der Waals surface area contributed by atoms with Gasteiger partial charge in [0, 0.05) is 168 Å². The molecule has 32 rings (SSSR count). The van der Waals surface area contributed by atoms with Gasteiger partial charge in [0.25, 0.3) is 0 Å². The maximum Gasteiger partial charge on any atom is 0.238 e. The fourth-order valence-electron chi connectivity index (χ4n) is 23.0. The van der Waals surface area contributed by atoms with Crippen molar-refractivity contribution in [2.45, 2.75) is 39.5 Å². The van der Waals surface area contributed by atoms with E-state index < -0.39 is 0 Å². The zero-order valence-electron chi connectivity index (χ0n) is 80.5. The van der Waals surface area contributed by atoms with Crippen LogP contribution in [0.4, 0.5) is 0 Å². The van der Waals surface area contributed by atoms with E-state index in [4.69, 9.17) is 44.9 Å². The van der Waals surface area contributed by atoms with E-state index in [2.05, 4.69) is 433 Å². The van der Waals surface area contributed by atoms with E-state index in [1.165, 1.54) is 157 Å². The van der Waals surface area contributed by atoms with Crippen LogP contribution in [0.2, 0.25) is 0 Å². The molecule has 0 bridgehead atoms. The van der Waals surface area contributed by atoms with Crippen molar-refractivity contribution in [1.82, 2.24) is 63.1 Å². The van der Waals surface area contributed by atoms with Gasteiger partial charge in [-0.2, -0.15) is 29.9 Å². The van der Waals surface area contributed by atoms with Crippen LogP contribution in [0, 0.1) is 0 Å². The summed E-state index contributed by atoms with van der Waals surface area (Å²) in [6, 6.07) is 151. The van der Waals surface area contributed by atoms with Gasteiger partial charge in [-0.1, -0.05) is 337 Å². The zero-order chi connectivity index (χ0) is 98.2. The van der Waals surface area contributed by atoms with Gasteiger partial charge < -0.3 is 4.57 Å². The molecule has 0 amide bonds. The summed E-state index contributed by atoms with van der Waals surface area (Å²) in [7, 11) is 0. The van der Waals surface area contributed by atoms with Crippen LogP contribution < -0.4 is 0 Å². The zero-order valence-corrected chi connectivity index (χ0v) is 83.8. The van der Waals surface area contributed by atoms with Crippen molar-refractivity contribution in [1.29, 1.82) is 0 Å². The Balaban J connectivity index is 0.000000106. The first kappa shape index (κ1) is 88.3. The van der Waals surface area contributed by atoms with Gasteiger partial charge in [-0.05, 0) is 174 Å². The fraction of sp³-hybridized carbons (Fsp3) is 0.0451. The number of allylic oxidation sites excluding steroid dienone is 4. The maximum atomic E-state index is 5.40. The van der Waals surface area contributed by atoms with Crippen molar-refractivity contribution < 1.29 is 0 Å². The van der Waals surface area contributed by atoms with Crippen molar-refractivity contribution in [2.75, 3.05) is 0 Å². The highest BCUT2D eigenvalue weighted by molar-refractivity contribution is 7.27. The summed E-state index contributed by atoms with van der Waals surface area (Å²) in [5, 5.41) is 19.5. The minimum Gasteiger partial charge on any atom is -0.313 e. The quantitative estimate of drug-likeness (QED) is 0.124. The van der Waals surface area contributed by atoms with Crippen LogP contribution in [0.25, 0.3) is 282 Å². The number of fused-ring (bicyclic) bond motifs is 27. The summed E-state index contributed by atoms with van der Waals surface area (Å²) in [6.07, 6.45) is 8.74. The summed E-state index contributed by atoms with van der Waals surface area (Å²) >= 11 is 7.27. The summed E-state index contributed by atoms with van der Waals surface area (Å²) in [5.41, 5.74) is 23.4. The highest BCUT2D eigenvalue weighted by atomic mass is 32.1. The highest BCUT2D eigenvalue weighted by Gasteiger charge is 2.37. The van der Waals surface area contributed by atoms with Crippen LogP contribution in [0.3, 0.4) is 0 Å². The standard InChI is InChI=1S/C48H32N4S.C45H29N5S.C39H22N4S2.CH4/c1-48(2)38-22-9-6-18-32(38)36-28-41-37(27-39(36)48)33-19-7-10-23-40(33)52(41)47-50-45(31-17-12-16-30(26-31)29-14-4-3-5-15-29)49-46(51-47)35-21-13-25-43-44(35)34-20-8-11-24-42(34)53-43;1-3-13-28(14-4-1)43-46-44(29-23-24-42-36(25-29)33-19-9-12-22-41(33)51-42)48-45(47-43)50-38-21-11-8-18-32(38)35-26-39-34(27-40(35)50)31-17-7-10-20-37(31)49(39)30-15-5-2-6-16-30;1-2-10-23(11-3-1)37-40-38(24-18-19-28-26-13-5-8-16-33(26)44-35(28)20-24)42-39(41-37)43-31-15-7-4-12-25(31)29-22-36-30(21-32(29)43)27-14-6-9-17-34(27)45-36;/h3-28H,1-2H3;1-5,7-15,17-27H,6,16H2;1-22H;1H4. The first-order valence-corrected chi connectivity index (χ1v) is 53.5. The van der Waals surface area contributed by atoms with Crippen LogP contribution in [0.5, 0.6) is 0 Å². The second kappa shape index (κ2) is 35.3. The number of rotatable bonds is 11. The molecule has 0 radical (unpaired) electrons. The van der Waals surface area contributed by atoms with E-state index in [1.54, 1.807) is 22.7 Å². The Morgan fingerprint density at radius 2 is 0.573 bits per heavy atom. The molecule has 0 spiro atoms. The summed E-state index contributed by atoms with van der Waals surface area (Å²) in [6.45, 7) is 4.68. The third-order valence-electron chi connectivity index (χ3n) is 30.0. The summed E-state index contributed by atoms with van der Waals surface area (Å²) in [4.78, 5) is 47.1. The Bertz CT molecular complexity index is 10900. The number of benzene rings is 19. The summed E-state index contributed by atoms with van der Waals surface area (Å²) in [5.74, 6) is 5.71. The number of thiophene rings is 4. The van der Waals surface area contributed by atoms with Crippen molar-refractivity contribution in [3.8, 4) is 108 Å². The van der Waals surface area contributed by atoms with Gasteiger partial charge in [-0.3, -0.25) is 13.7 Å².